The summed E-state index contributed by atoms with van der Waals surface area (Å²) < 4.78 is 39.9. The summed E-state index contributed by atoms with van der Waals surface area (Å²) in [5.41, 5.74) is -2.16. The Balaban J connectivity index is 3.31. The zero-order valence-electron chi connectivity index (χ0n) is 11.1. The lowest BCUT2D eigenvalue weighted by molar-refractivity contribution is -0.385. The Morgan fingerprint density at radius 1 is 1.38 bits per heavy atom. The Morgan fingerprint density at radius 2 is 1.95 bits per heavy atom. The molecule has 0 aliphatic carbocycles. The number of hydrogen-bond donors (Lipinski definition) is 3. The van der Waals surface area contributed by atoms with Crippen LogP contribution >= 0.6 is 0 Å². The second-order valence-electron chi connectivity index (χ2n) is 4.43. The number of nitrogens with zero attached hydrogens (tertiary/aromatic N) is 1. The van der Waals surface area contributed by atoms with Crippen molar-refractivity contribution in [2.24, 2.45) is 0 Å². The van der Waals surface area contributed by atoms with Gasteiger partial charge >= 0.3 is 0 Å². The molecular weight excluding hydrogens is 307 g/mol. The molecule has 0 amide bonds. The largest absolute Gasteiger partial charge is 0.394 e. The van der Waals surface area contributed by atoms with Crippen molar-refractivity contribution in [1.29, 1.82) is 0 Å². The number of aliphatic hydroxyl groups excluding tert-OH is 2. The van der Waals surface area contributed by atoms with Crippen molar-refractivity contribution < 1.29 is 27.9 Å². The summed E-state index contributed by atoms with van der Waals surface area (Å²) in [6.07, 6.45) is 0.0375. The van der Waals surface area contributed by atoms with Crippen LogP contribution in [0, 0.1) is 15.9 Å². The van der Waals surface area contributed by atoms with Gasteiger partial charge in [-0.15, -0.1) is 0 Å². The van der Waals surface area contributed by atoms with Crippen molar-refractivity contribution in [3.8, 4) is 0 Å². The maximum atomic E-state index is 13.6. The average Bonchev–Trinajstić information content (AvgIpc) is 2.45. The third kappa shape index (κ3) is 3.73. The second kappa shape index (κ2) is 6.43. The highest BCUT2D eigenvalue weighted by atomic mass is 32.2. The molecule has 0 unspecified atom stereocenters. The number of benzene rings is 1. The van der Waals surface area contributed by atoms with E-state index in [9.17, 15) is 33.1 Å². The minimum absolute atomic E-state index is 0.0375. The molecule has 0 radical (unpaired) electrons. The Labute approximate surface area is 120 Å². The first-order valence-electron chi connectivity index (χ1n) is 5.91. The molecule has 0 bridgehead atoms. The fourth-order valence-corrected chi connectivity index (χ4v) is 3.12. The molecule has 0 heterocycles. The van der Waals surface area contributed by atoms with Gasteiger partial charge in [0, 0.05) is 12.1 Å². The Morgan fingerprint density at radius 3 is 2.38 bits per heavy atom. The highest BCUT2D eigenvalue weighted by molar-refractivity contribution is 7.89. The van der Waals surface area contributed by atoms with Gasteiger partial charge in [0.2, 0.25) is 10.0 Å². The predicted molar refractivity (Wildman–Crippen MR) is 70.6 cm³/mol. The molecule has 0 aromatic heterocycles. The first-order valence-corrected chi connectivity index (χ1v) is 7.39. The fourth-order valence-electron chi connectivity index (χ4n) is 1.56. The summed E-state index contributed by atoms with van der Waals surface area (Å²) >= 11 is 0. The molecule has 0 spiro atoms. The molecule has 21 heavy (non-hydrogen) atoms. The molecule has 10 heteroatoms. The molecule has 1 aromatic rings. The van der Waals surface area contributed by atoms with E-state index in [1.807, 2.05) is 4.72 Å². The van der Waals surface area contributed by atoms with Gasteiger partial charge in [0.1, 0.15) is 10.7 Å². The molecule has 0 aliphatic heterocycles. The second-order valence-corrected chi connectivity index (χ2v) is 6.08. The molecule has 0 saturated carbocycles. The van der Waals surface area contributed by atoms with Crippen LogP contribution in [0.2, 0.25) is 0 Å². The summed E-state index contributed by atoms with van der Waals surface area (Å²) in [4.78, 5) is 8.86. The van der Waals surface area contributed by atoms with Gasteiger partial charge in [0.15, 0.2) is 0 Å². The number of sulfonamides is 1. The van der Waals surface area contributed by atoms with Crippen molar-refractivity contribution in [3.05, 3.63) is 34.1 Å². The molecular formula is C11H15FN2O6S. The van der Waals surface area contributed by atoms with E-state index in [2.05, 4.69) is 0 Å². The lowest BCUT2D eigenvalue weighted by atomic mass is 10.0. The zero-order chi connectivity index (χ0) is 16.3. The molecule has 3 N–H and O–H groups in total. The smallest absolute Gasteiger partial charge is 0.270 e. The summed E-state index contributed by atoms with van der Waals surface area (Å²) in [6.45, 7) is 0.0876. The van der Waals surface area contributed by atoms with E-state index in [1.165, 1.54) is 6.92 Å². The lowest BCUT2D eigenvalue weighted by Gasteiger charge is -2.29. The van der Waals surface area contributed by atoms with Gasteiger partial charge < -0.3 is 10.2 Å². The van der Waals surface area contributed by atoms with Crippen LogP contribution in [0.5, 0.6) is 0 Å². The fraction of sp³-hybridized carbons (Fsp3) is 0.455. The SMILES string of the molecule is CCC(CO)(CO)NS(=O)(=O)c1cc([N+](=O)[O-])ccc1F. The number of halogens is 1. The Kier molecular flexibility index (Phi) is 5.34. The number of nitro groups is 1. The van der Waals surface area contributed by atoms with Crippen LogP contribution in [0.4, 0.5) is 10.1 Å². The Hall–Kier alpha value is -1.62. The van der Waals surface area contributed by atoms with E-state index in [0.717, 1.165) is 6.07 Å². The maximum absolute atomic E-state index is 13.6. The van der Waals surface area contributed by atoms with Gasteiger partial charge in [0.25, 0.3) is 5.69 Å². The van der Waals surface area contributed by atoms with Crippen LogP contribution < -0.4 is 4.72 Å². The minimum atomic E-state index is -4.49. The van der Waals surface area contributed by atoms with Gasteiger partial charge in [-0.05, 0) is 12.5 Å². The van der Waals surface area contributed by atoms with Crippen molar-refractivity contribution in [1.82, 2.24) is 4.72 Å². The number of nitrogens with one attached hydrogen (secondary N) is 1. The van der Waals surface area contributed by atoms with Gasteiger partial charge in [-0.3, -0.25) is 10.1 Å². The van der Waals surface area contributed by atoms with Crippen molar-refractivity contribution in [2.75, 3.05) is 13.2 Å². The summed E-state index contributed by atoms with van der Waals surface area (Å²) in [5, 5.41) is 29.1. The van der Waals surface area contributed by atoms with Crippen LogP contribution in [0.3, 0.4) is 0 Å². The monoisotopic (exact) mass is 322 g/mol. The third-order valence-electron chi connectivity index (χ3n) is 3.05. The van der Waals surface area contributed by atoms with Crippen molar-refractivity contribution in [3.63, 3.8) is 0 Å². The first-order chi connectivity index (χ1) is 9.71. The van der Waals surface area contributed by atoms with Gasteiger partial charge in [-0.2, -0.15) is 0 Å². The van der Waals surface area contributed by atoms with Crippen molar-refractivity contribution in [2.45, 2.75) is 23.8 Å². The minimum Gasteiger partial charge on any atom is -0.394 e. The molecule has 0 aliphatic rings. The molecule has 0 saturated heterocycles. The summed E-state index contributed by atoms with van der Waals surface area (Å²) in [5.74, 6) is -1.17. The molecule has 1 rings (SSSR count). The zero-order valence-corrected chi connectivity index (χ0v) is 11.9. The van der Waals surface area contributed by atoms with Gasteiger partial charge in [0.05, 0.1) is 23.7 Å². The van der Waals surface area contributed by atoms with E-state index in [0.29, 0.717) is 12.1 Å². The molecule has 0 atom stereocenters. The van der Waals surface area contributed by atoms with E-state index in [4.69, 9.17) is 0 Å². The average molecular weight is 322 g/mol. The van der Waals surface area contributed by atoms with Gasteiger partial charge in [-0.25, -0.2) is 17.5 Å². The van der Waals surface area contributed by atoms with E-state index >= 15 is 0 Å². The number of rotatable bonds is 7. The third-order valence-corrected chi connectivity index (χ3v) is 4.64. The highest BCUT2D eigenvalue weighted by Gasteiger charge is 2.34. The number of aliphatic hydroxyl groups is 2. The van der Waals surface area contributed by atoms with Crippen LogP contribution in [0.1, 0.15) is 13.3 Å². The predicted octanol–water partition coefficient (Wildman–Crippen LogP) is 0.146. The van der Waals surface area contributed by atoms with Crippen LogP contribution in [0.25, 0.3) is 0 Å². The Bertz CT molecular complexity index is 621. The lowest BCUT2D eigenvalue weighted by Crippen LogP contribution is -2.53. The molecule has 118 valence electrons. The molecule has 8 nitrogen and oxygen atoms in total. The van der Waals surface area contributed by atoms with Gasteiger partial charge in [-0.1, -0.05) is 6.92 Å². The van der Waals surface area contributed by atoms with Crippen LogP contribution in [0.15, 0.2) is 23.1 Å². The summed E-state index contributed by atoms with van der Waals surface area (Å²) in [6, 6.07) is 2.07. The topological polar surface area (TPSA) is 130 Å². The normalized spacial score (nSPS) is 12.4. The van der Waals surface area contributed by atoms with Crippen LogP contribution in [-0.2, 0) is 10.0 Å². The van der Waals surface area contributed by atoms with Crippen LogP contribution in [-0.4, -0.2) is 42.3 Å². The molecule has 0 fully saturated rings. The standard InChI is InChI=1S/C11H15FN2O6S/c1-2-11(6-15,7-16)13-21(19,20)10-5-8(14(17)18)3-4-9(10)12/h3-5,13,15-16H,2,6-7H2,1H3. The number of nitro benzene ring substituents is 1. The maximum Gasteiger partial charge on any atom is 0.270 e. The first kappa shape index (κ1) is 17.4. The van der Waals surface area contributed by atoms with E-state index in [-0.39, 0.29) is 6.42 Å². The number of hydrogen-bond acceptors (Lipinski definition) is 6. The highest BCUT2D eigenvalue weighted by Crippen LogP contribution is 2.23. The van der Waals surface area contributed by atoms with E-state index in [1.54, 1.807) is 0 Å². The number of non-ortho nitro benzene ring substituents is 1. The molecule has 1 aromatic carbocycles. The summed E-state index contributed by atoms with van der Waals surface area (Å²) in [7, 11) is -4.49. The quantitative estimate of drug-likeness (QED) is 0.484. The van der Waals surface area contributed by atoms with Crippen molar-refractivity contribution >= 4 is 15.7 Å². The van der Waals surface area contributed by atoms with E-state index < -0.39 is 50.1 Å².